The van der Waals surface area contributed by atoms with Crippen molar-refractivity contribution in [2.24, 2.45) is 0 Å². The van der Waals surface area contributed by atoms with Crippen LogP contribution in [0.4, 0.5) is 0 Å². The highest BCUT2D eigenvalue weighted by Crippen LogP contribution is 1.97. The lowest BCUT2D eigenvalue weighted by Gasteiger charge is -2.02. The summed E-state index contributed by atoms with van der Waals surface area (Å²) >= 11 is 0. The highest BCUT2D eigenvalue weighted by Gasteiger charge is 1.96. The van der Waals surface area contributed by atoms with Crippen LogP contribution in [0.25, 0.3) is 0 Å². The van der Waals surface area contributed by atoms with Crippen molar-refractivity contribution in [2.45, 2.75) is 32.7 Å². The molecule has 4 nitrogen and oxygen atoms in total. The van der Waals surface area contributed by atoms with Gasteiger partial charge in [-0.25, -0.2) is 9.78 Å². The Morgan fingerprint density at radius 3 is 2.93 bits per heavy atom. The molecule has 0 aliphatic rings. The first-order valence-corrected chi connectivity index (χ1v) is 4.71. The summed E-state index contributed by atoms with van der Waals surface area (Å²) in [6.45, 7) is 2.22. The molecule has 0 amide bonds. The maximum Gasteiger partial charge on any atom is 0.347 e. The van der Waals surface area contributed by atoms with E-state index in [1.54, 1.807) is 23.8 Å². The van der Waals surface area contributed by atoms with Gasteiger partial charge >= 0.3 is 5.69 Å². The number of carbonyl (C=O) groups is 1. The number of hydrogen-bond acceptors (Lipinski definition) is 3. The predicted octanol–water partition coefficient (Wildman–Crippen LogP) is 1.00. The molecule has 0 spiro atoms. The normalized spacial score (nSPS) is 10.1. The van der Waals surface area contributed by atoms with E-state index in [0.29, 0.717) is 13.0 Å². The van der Waals surface area contributed by atoms with Crippen LogP contribution in [0.3, 0.4) is 0 Å². The van der Waals surface area contributed by atoms with E-state index in [9.17, 15) is 9.59 Å². The van der Waals surface area contributed by atoms with Gasteiger partial charge in [0.2, 0.25) is 0 Å². The monoisotopic (exact) mass is 194 g/mol. The number of Topliss-reactive ketones (excluding diaryl/α,β-unsaturated/α-hetero) is 1. The largest absolute Gasteiger partial charge is 0.347 e. The molecular formula is C10H14N2O2. The minimum atomic E-state index is -0.227. The third-order valence-electron chi connectivity index (χ3n) is 1.96. The summed E-state index contributed by atoms with van der Waals surface area (Å²) in [4.78, 5) is 25.4. The smallest absolute Gasteiger partial charge is 0.300 e. The molecule has 0 saturated heterocycles. The highest BCUT2D eigenvalue weighted by molar-refractivity contribution is 5.75. The van der Waals surface area contributed by atoms with Crippen molar-refractivity contribution in [1.82, 2.24) is 9.55 Å². The van der Waals surface area contributed by atoms with E-state index < -0.39 is 0 Å². The average Bonchev–Trinajstić information content (AvgIpc) is 2.15. The van der Waals surface area contributed by atoms with Gasteiger partial charge in [-0.3, -0.25) is 4.57 Å². The lowest BCUT2D eigenvalue weighted by molar-refractivity contribution is -0.117. The number of aromatic nitrogens is 2. The molecule has 1 heterocycles. The van der Waals surface area contributed by atoms with Gasteiger partial charge < -0.3 is 4.79 Å². The van der Waals surface area contributed by atoms with Crippen molar-refractivity contribution in [2.75, 3.05) is 0 Å². The zero-order chi connectivity index (χ0) is 10.4. The van der Waals surface area contributed by atoms with E-state index in [-0.39, 0.29) is 11.5 Å². The average molecular weight is 194 g/mol. The van der Waals surface area contributed by atoms with Crippen LogP contribution in [0.1, 0.15) is 26.2 Å². The molecule has 1 aromatic heterocycles. The Morgan fingerprint density at radius 1 is 1.50 bits per heavy atom. The van der Waals surface area contributed by atoms with E-state index >= 15 is 0 Å². The highest BCUT2D eigenvalue weighted by atomic mass is 16.1. The molecule has 0 N–H and O–H groups in total. The number of unbranched alkanes of at least 4 members (excludes halogenated alkanes) is 1. The number of hydrogen-bond donors (Lipinski definition) is 0. The van der Waals surface area contributed by atoms with Gasteiger partial charge in [-0.2, -0.15) is 0 Å². The third-order valence-corrected chi connectivity index (χ3v) is 1.96. The molecule has 0 aliphatic heterocycles. The van der Waals surface area contributed by atoms with Gasteiger partial charge in [-0.15, -0.1) is 0 Å². The van der Waals surface area contributed by atoms with Crippen LogP contribution in [0.15, 0.2) is 23.3 Å². The maximum atomic E-state index is 11.1. The lowest BCUT2D eigenvalue weighted by atomic mass is 10.2. The SMILES string of the molecule is CC(=O)CCCCn1cccnc1=O. The summed E-state index contributed by atoms with van der Waals surface area (Å²) in [6, 6.07) is 1.73. The minimum absolute atomic E-state index is 0.198. The number of ketones is 1. The van der Waals surface area contributed by atoms with E-state index in [1.165, 1.54) is 6.20 Å². The molecular weight excluding hydrogens is 180 g/mol. The second kappa shape index (κ2) is 5.32. The Morgan fingerprint density at radius 2 is 2.29 bits per heavy atom. The zero-order valence-corrected chi connectivity index (χ0v) is 8.27. The fraction of sp³-hybridized carbons (Fsp3) is 0.500. The van der Waals surface area contributed by atoms with Crippen molar-refractivity contribution >= 4 is 5.78 Å². The standard InChI is InChI=1S/C10H14N2O2/c1-9(13)5-2-3-7-12-8-4-6-11-10(12)14/h4,6,8H,2-3,5,7H2,1H3. The summed E-state index contributed by atoms with van der Waals surface area (Å²) in [6.07, 6.45) is 5.45. The van der Waals surface area contributed by atoms with E-state index in [2.05, 4.69) is 4.98 Å². The third kappa shape index (κ3) is 3.51. The number of rotatable bonds is 5. The van der Waals surface area contributed by atoms with Crippen LogP contribution >= 0.6 is 0 Å². The molecule has 4 heteroatoms. The molecule has 1 aromatic rings. The topological polar surface area (TPSA) is 52.0 Å². The summed E-state index contributed by atoms with van der Waals surface area (Å²) in [5.41, 5.74) is -0.227. The second-order valence-electron chi connectivity index (χ2n) is 3.25. The first-order valence-electron chi connectivity index (χ1n) is 4.71. The zero-order valence-electron chi connectivity index (χ0n) is 8.27. The quantitative estimate of drug-likeness (QED) is 0.657. The Labute approximate surface area is 82.6 Å². The summed E-state index contributed by atoms with van der Waals surface area (Å²) < 4.78 is 1.56. The Balaban J connectivity index is 2.35. The molecule has 76 valence electrons. The second-order valence-corrected chi connectivity index (χ2v) is 3.25. The molecule has 0 radical (unpaired) electrons. The van der Waals surface area contributed by atoms with Crippen LogP contribution in [0, 0.1) is 0 Å². The number of nitrogens with zero attached hydrogens (tertiary/aromatic N) is 2. The number of carbonyl (C=O) groups excluding carboxylic acids is 1. The van der Waals surface area contributed by atoms with Gasteiger partial charge in [0.1, 0.15) is 5.78 Å². The van der Waals surface area contributed by atoms with Gasteiger partial charge in [-0.1, -0.05) is 0 Å². The molecule has 0 aromatic carbocycles. The summed E-state index contributed by atoms with van der Waals surface area (Å²) in [7, 11) is 0. The van der Waals surface area contributed by atoms with Gasteiger partial charge in [0.25, 0.3) is 0 Å². The Hall–Kier alpha value is -1.45. The van der Waals surface area contributed by atoms with Crippen LogP contribution in [0.2, 0.25) is 0 Å². The fourth-order valence-corrected chi connectivity index (χ4v) is 1.21. The Bertz CT molecular complexity index is 357. The molecule has 0 fully saturated rings. The molecule has 14 heavy (non-hydrogen) atoms. The van der Waals surface area contributed by atoms with E-state index in [1.807, 2.05) is 0 Å². The predicted molar refractivity (Wildman–Crippen MR) is 53.0 cm³/mol. The van der Waals surface area contributed by atoms with Crippen LogP contribution in [-0.2, 0) is 11.3 Å². The van der Waals surface area contributed by atoms with Crippen molar-refractivity contribution in [3.05, 3.63) is 28.9 Å². The van der Waals surface area contributed by atoms with Gasteiger partial charge in [0.05, 0.1) is 0 Å². The maximum absolute atomic E-state index is 11.1. The Kier molecular flexibility index (Phi) is 4.04. The summed E-state index contributed by atoms with van der Waals surface area (Å²) in [5, 5.41) is 0. The fourth-order valence-electron chi connectivity index (χ4n) is 1.21. The molecule has 0 bridgehead atoms. The van der Waals surface area contributed by atoms with Crippen molar-refractivity contribution < 1.29 is 4.79 Å². The first kappa shape index (κ1) is 10.6. The minimum Gasteiger partial charge on any atom is -0.300 e. The number of aryl methyl sites for hydroxylation is 1. The van der Waals surface area contributed by atoms with Gasteiger partial charge in [-0.05, 0) is 25.8 Å². The van der Waals surface area contributed by atoms with E-state index in [0.717, 1.165) is 12.8 Å². The van der Waals surface area contributed by atoms with Crippen LogP contribution < -0.4 is 5.69 Å². The van der Waals surface area contributed by atoms with Gasteiger partial charge in [0.15, 0.2) is 0 Å². The van der Waals surface area contributed by atoms with Crippen molar-refractivity contribution in [3.8, 4) is 0 Å². The molecule has 0 unspecified atom stereocenters. The molecule has 1 rings (SSSR count). The van der Waals surface area contributed by atoms with Crippen LogP contribution in [-0.4, -0.2) is 15.3 Å². The van der Waals surface area contributed by atoms with Crippen molar-refractivity contribution in [1.29, 1.82) is 0 Å². The molecule has 0 atom stereocenters. The molecule has 0 aliphatic carbocycles. The lowest BCUT2D eigenvalue weighted by Crippen LogP contribution is -2.21. The van der Waals surface area contributed by atoms with Crippen LogP contribution in [0.5, 0.6) is 0 Å². The van der Waals surface area contributed by atoms with Crippen molar-refractivity contribution in [3.63, 3.8) is 0 Å². The molecule has 0 saturated carbocycles. The first-order chi connectivity index (χ1) is 6.70. The van der Waals surface area contributed by atoms with E-state index in [4.69, 9.17) is 0 Å². The summed E-state index contributed by atoms with van der Waals surface area (Å²) in [5.74, 6) is 0.198. The van der Waals surface area contributed by atoms with Gasteiger partial charge in [0, 0.05) is 25.4 Å².